The highest BCUT2D eigenvalue weighted by molar-refractivity contribution is 7.92. The average molecular weight is 432 g/mol. The molecule has 152 valence electrons. The van der Waals surface area contributed by atoms with Gasteiger partial charge in [-0.2, -0.15) is 0 Å². The van der Waals surface area contributed by atoms with Crippen LogP contribution in [0.4, 0.5) is 5.69 Å². The SMILES string of the molecule is COc1cccc(C(C)N(c2cccc(OC)c2)S(=O)(=O)c2ccc(Cl)cc2)c1. The van der Waals surface area contributed by atoms with Crippen molar-refractivity contribution in [2.24, 2.45) is 0 Å². The van der Waals surface area contributed by atoms with Gasteiger partial charge in [-0.3, -0.25) is 4.31 Å². The largest absolute Gasteiger partial charge is 0.497 e. The minimum absolute atomic E-state index is 0.152. The smallest absolute Gasteiger partial charge is 0.264 e. The van der Waals surface area contributed by atoms with Crippen LogP contribution in [-0.2, 0) is 10.0 Å². The standard InChI is InChI=1S/C22H22ClNO4S/c1-16(17-6-4-8-20(14-17)27-2)24(19-7-5-9-21(15-19)28-3)29(25,26)22-12-10-18(23)11-13-22/h4-16H,1-3H3. The Balaban J connectivity index is 2.16. The molecule has 7 heteroatoms. The molecule has 0 heterocycles. The van der Waals surface area contributed by atoms with Crippen molar-refractivity contribution < 1.29 is 17.9 Å². The van der Waals surface area contributed by atoms with E-state index in [1.54, 1.807) is 50.6 Å². The summed E-state index contributed by atoms with van der Waals surface area (Å²) in [4.78, 5) is 0.152. The van der Waals surface area contributed by atoms with Gasteiger partial charge in [-0.15, -0.1) is 0 Å². The Morgan fingerprint density at radius 1 is 0.862 bits per heavy atom. The number of halogens is 1. The van der Waals surface area contributed by atoms with Crippen molar-refractivity contribution in [3.63, 3.8) is 0 Å². The molecule has 0 aromatic heterocycles. The molecule has 0 spiro atoms. The quantitative estimate of drug-likeness (QED) is 0.508. The Kier molecular flexibility index (Phi) is 6.35. The van der Waals surface area contributed by atoms with Gasteiger partial charge in [-0.25, -0.2) is 8.42 Å². The number of anilines is 1. The summed E-state index contributed by atoms with van der Waals surface area (Å²) in [6.07, 6.45) is 0. The monoisotopic (exact) mass is 431 g/mol. The zero-order chi connectivity index (χ0) is 21.0. The van der Waals surface area contributed by atoms with E-state index in [1.807, 2.05) is 31.2 Å². The van der Waals surface area contributed by atoms with Crippen molar-refractivity contribution in [1.29, 1.82) is 0 Å². The molecule has 29 heavy (non-hydrogen) atoms. The molecule has 1 unspecified atom stereocenters. The predicted molar refractivity (Wildman–Crippen MR) is 116 cm³/mol. The van der Waals surface area contributed by atoms with E-state index < -0.39 is 16.1 Å². The van der Waals surface area contributed by atoms with Crippen molar-refractivity contribution in [3.8, 4) is 11.5 Å². The third-order valence-corrected chi connectivity index (χ3v) is 6.77. The van der Waals surface area contributed by atoms with Gasteiger partial charge < -0.3 is 9.47 Å². The summed E-state index contributed by atoms with van der Waals surface area (Å²) in [5.41, 5.74) is 1.29. The fourth-order valence-corrected chi connectivity index (χ4v) is 4.84. The van der Waals surface area contributed by atoms with E-state index in [4.69, 9.17) is 21.1 Å². The first-order valence-corrected chi connectivity index (χ1v) is 10.8. The zero-order valence-electron chi connectivity index (χ0n) is 16.4. The van der Waals surface area contributed by atoms with Crippen LogP contribution in [-0.4, -0.2) is 22.6 Å². The van der Waals surface area contributed by atoms with Gasteiger partial charge in [0.2, 0.25) is 0 Å². The van der Waals surface area contributed by atoms with Crippen LogP contribution in [0.5, 0.6) is 11.5 Å². The van der Waals surface area contributed by atoms with Crippen LogP contribution < -0.4 is 13.8 Å². The van der Waals surface area contributed by atoms with Gasteiger partial charge in [0.25, 0.3) is 10.0 Å². The summed E-state index contributed by atoms with van der Waals surface area (Å²) < 4.78 is 39.2. The van der Waals surface area contributed by atoms with Crippen LogP contribution in [0.15, 0.2) is 77.7 Å². The number of nitrogens with zero attached hydrogens (tertiary/aromatic N) is 1. The lowest BCUT2D eigenvalue weighted by Crippen LogP contribution is -2.33. The number of rotatable bonds is 7. The van der Waals surface area contributed by atoms with Gasteiger partial charge in [-0.05, 0) is 61.0 Å². The molecule has 0 radical (unpaired) electrons. The number of methoxy groups -OCH3 is 2. The van der Waals surface area contributed by atoms with Crippen LogP contribution in [0.2, 0.25) is 5.02 Å². The molecule has 0 N–H and O–H groups in total. The summed E-state index contributed by atoms with van der Waals surface area (Å²) in [5.74, 6) is 1.22. The molecule has 0 saturated carbocycles. The molecule has 0 aliphatic heterocycles. The zero-order valence-corrected chi connectivity index (χ0v) is 17.9. The molecule has 5 nitrogen and oxygen atoms in total. The molecular formula is C22H22ClNO4S. The van der Waals surface area contributed by atoms with Crippen LogP contribution in [0, 0.1) is 0 Å². The number of hydrogen-bond donors (Lipinski definition) is 0. The van der Waals surface area contributed by atoms with Crippen LogP contribution in [0.3, 0.4) is 0 Å². The Morgan fingerprint density at radius 3 is 2.07 bits per heavy atom. The molecule has 0 saturated heterocycles. The molecule has 0 aliphatic carbocycles. The van der Waals surface area contributed by atoms with Crippen LogP contribution in [0.25, 0.3) is 0 Å². The molecule has 0 aliphatic rings. The summed E-state index contributed by atoms with van der Waals surface area (Å²) in [6, 6.07) is 20.0. The van der Waals surface area contributed by atoms with Crippen molar-refractivity contribution >= 4 is 27.3 Å². The van der Waals surface area contributed by atoms with Crippen LogP contribution in [0.1, 0.15) is 18.5 Å². The first kappa shape index (κ1) is 21.0. The lowest BCUT2D eigenvalue weighted by atomic mass is 10.1. The Morgan fingerprint density at radius 2 is 1.45 bits per heavy atom. The highest BCUT2D eigenvalue weighted by Gasteiger charge is 2.31. The first-order valence-electron chi connectivity index (χ1n) is 8.95. The molecule has 0 amide bonds. The van der Waals surface area contributed by atoms with Crippen LogP contribution >= 0.6 is 11.6 Å². The summed E-state index contributed by atoms with van der Waals surface area (Å²) in [6.45, 7) is 1.84. The predicted octanol–water partition coefficient (Wildman–Crippen LogP) is 5.31. The average Bonchev–Trinajstić information content (AvgIpc) is 2.74. The lowest BCUT2D eigenvalue weighted by molar-refractivity contribution is 0.413. The molecule has 0 bridgehead atoms. The van der Waals surface area contributed by atoms with Crippen molar-refractivity contribution in [2.45, 2.75) is 17.9 Å². The van der Waals surface area contributed by atoms with Crippen molar-refractivity contribution in [2.75, 3.05) is 18.5 Å². The number of hydrogen-bond acceptors (Lipinski definition) is 4. The Bertz CT molecular complexity index is 1080. The lowest BCUT2D eigenvalue weighted by Gasteiger charge is -2.31. The van der Waals surface area contributed by atoms with Gasteiger partial charge in [0.15, 0.2) is 0 Å². The van der Waals surface area contributed by atoms with E-state index in [0.717, 1.165) is 5.56 Å². The van der Waals surface area contributed by atoms with Gasteiger partial charge in [-0.1, -0.05) is 29.8 Å². The summed E-state index contributed by atoms with van der Waals surface area (Å²) in [7, 11) is -0.763. The second-order valence-electron chi connectivity index (χ2n) is 6.41. The van der Waals surface area contributed by atoms with E-state index in [0.29, 0.717) is 22.2 Å². The molecule has 3 aromatic carbocycles. The highest BCUT2D eigenvalue weighted by Crippen LogP contribution is 2.36. The second kappa shape index (κ2) is 8.76. The topological polar surface area (TPSA) is 55.8 Å². The minimum Gasteiger partial charge on any atom is -0.497 e. The second-order valence-corrected chi connectivity index (χ2v) is 8.66. The van der Waals surface area contributed by atoms with Gasteiger partial charge >= 0.3 is 0 Å². The number of benzene rings is 3. The maximum Gasteiger partial charge on any atom is 0.264 e. The number of sulfonamides is 1. The van der Waals surface area contributed by atoms with Crippen molar-refractivity contribution in [3.05, 3.63) is 83.4 Å². The van der Waals surface area contributed by atoms with E-state index in [2.05, 4.69) is 0 Å². The third-order valence-electron chi connectivity index (χ3n) is 4.61. The normalized spacial score (nSPS) is 12.3. The van der Waals surface area contributed by atoms with Crippen molar-refractivity contribution in [1.82, 2.24) is 0 Å². The molecule has 1 atom stereocenters. The fraction of sp³-hybridized carbons (Fsp3) is 0.182. The fourth-order valence-electron chi connectivity index (χ4n) is 3.08. The molecular weight excluding hydrogens is 410 g/mol. The van der Waals surface area contributed by atoms with E-state index in [9.17, 15) is 8.42 Å². The van der Waals surface area contributed by atoms with Gasteiger partial charge in [0, 0.05) is 11.1 Å². The molecule has 3 rings (SSSR count). The van der Waals surface area contributed by atoms with E-state index >= 15 is 0 Å². The molecule has 0 fully saturated rings. The third kappa shape index (κ3) is 4.49. The van der Waals surface area contributed by atoms with E-state index in [-0.39, 0.29) is 4.90 Å². The maximum atomic E-state index is 13.6. The summed E-state index contributed by atoms with van der Waals surface area (Å²) in [5, 5.41) is 0.470. The summed E-state index contributed by atoms with van der Waals surface area (Å²) >= 11 is 5.95. The van der Waals surface area contributed by atoms with Gasteiger partial charge in [0.1, 0.15) is 11.5 Å². The number of ether oxygens (including phenoxy) is 2. The minimum atomic E-state index is -3.88. The highest BCUT2D eigenvalue weighted by atomic mass is 35.5. The molecule has 3 aromatic rings. The van der Waals surface area contributed by atoms with E-state index in [1.165, 1.54) is 16.4 Å². The van der Waals surface area contributed by atoms with Gasteiger partial charge in [0.05, 0.1) is 30.8 Å². The first-order chi connectivity index (χ1) is 13.9. The Labute approximate surface area is 176 Å². The Hall–Kier alpha value is -2.70. The maximum absolute atomic E-state index is 13.6.